The lowest BCUT2D eigenvalue weighted by Gasteiger charge is -2.14. The molecule has 152 valence electrons. The molecule has 0 aliphatic heterocycles. The summed E-state index contributed by atoms with van der Waals surface area (Å²) in [6.45, 7) is 1.66. The molecule has 5 rings (SSSR count). The quantitative estimate of drug-likeness (QED) is 0.483. The van der Waals surface area contributed by atoms with Crippen LogP contribution < -0.4 is 0 Å². The minimum absolute atomic E-state index is 0.109. The number of rotatable bonds is 6. The monoisotopic (exact) mass is 407 g/mol. The highest BCUT2D eigenvalue weighted by Crippen LogP contribution is 2.33. The van der Waals surface area contributed by atoms with Gasteiger partial charge < -0.3 is 0 Å². The largest absolute Gasteiger partial charge is 0.299 e. The van der Waals surface area contributed by atoms with Crippen LogP contribution in [-0.2, 0) is 11.2 Å². The van der Waals surface area contributed by atoms with E-state index in [2.05, 4.69) is 20.3 Å². The molecule has 0 saturated heterocycles. The highest BCUT2D eigenvalue weighted by molar-refractivity contribution is 5.81. The van der Waals surface area contributed by atoms with Crippen molar-refractivity contribution in [3.05, 3.63) is 65.2 Å². The van der Waals surface area contributed by atoms with Crippen molar-refractivity contribution in [2.24, 2.45) is 5.92 Å². The number of aromatic nitrogens is 5. The van der Waals surface area contributed by atoms with Gasteiger partial charge in [-0.05, 0) is 43.0 Å². The summed E-state index contributed by atoms with van der Waals surface area (Å²) in [5, 5.41) is 12.9. The summed E-state index contributed by atoms with van der Waals surface area (Å²) < 4.78 is 31.4. The second-order valence-corrected chi connectivity index (χ2v) is 7.89. The highest BCUT2D eigenvalue weighted by atomic mass is 19.1. The lowest BCUT2D eigenvalue weighted by atomic mass is 9.97. The first-order valence-corrected chi connectivity index (χ1v) is 9.97. The molecule has 6 nitrogen and oxygen atoms in total. The molecular weight excluding hydrogens is 388 g/mol. The van der Waals surface area contributed by atoms with Crippen molar-refractivity contribution in [2.45, 2.75) is 38.5 Å². The molecule has 8 heteroatoms. The molecule has 4 aromatic rings. The predicted octanol–water partition coefficient (Wildman–Crippen LogP) is 4.01. The van der Waals surface area contributed by atoms with Crippen molar-refractivity contribution >= 4 is 22.3 Å². The van der Waals surface area contributed by atoms with Crippen LogP contribution in [0.4, 0.5) is 8.78 Å². The third-order valence-corrected chi connectivity index (χ3v) is 5.59. The van der Waals surface area contributed by atoms with E-state index in [9.17, 15) is 9.18 Å². The Balaban J connectivity index is 1.53. The van der Waals surface area contributed by atoms with E-state index < -0.39 is 17.6 Å². The standard InChI is InChI=1S/C22H19F2N5O/c1-12(20-17(23)11-18-16(21(20)24)3-2-8-25-18)22-27-26-19-7-6-14(28-29(19)22)10-15(30)9-13-4-5-13/h2-3,6-8,11-13H,4-5,9-10H2,1H3. The van der Waals surface area contributed by atoms with Crippen molar-refractivity contribution < 1.29 is 13.6 Å². The van der Waals surface area contributed by atoms with Crippen LogP contribution in [0.1, 0.15) is 49.2 Å². The Hall–Kier alpha value is -3.29. The van der Waals surface area contributed by atoms with Crippen molar-refractivity contribution in [1.82, 2.24) is 24.8 Å². The van der Waals surface area contributed by atoms with E-state index in [1.165, 1.54) is 16.8 Å². The summed E-state index contributed by atoms with van der Waals surface area (Å²) in [7, 11) is 0. The Labute approximate surface area is 171 Å². The molecule has 1 fully saturated rings. The average Bonchev–Trinajstić information content (AvgIpc) is 3.43. The summed E-state index contributed by atoms with van der Waals surface area (Å²) in [6.07, 6.45) is 4.52. The Bertz CT molecular complexity index is 1280. The predicted molar refractivity (Wildman–Crippen MR) is 106 cm³/mol. The third kappa shape index (κ3) is 3.32. The van der Waals surface area contributed by atoms with Gasteiger partial charge in [0.05, 0.1) is 17.6 Å². The maximum atomic E-state index is 15.1. The van der Waals surface area contributed by atoms with Crippen LogP contribution in [0.2, 0.25) is 0 Å². The summed E-state index contributed by atoms with van der Waals surface area (Å²) in [5.74, 6) is -1.14. The number of pyridine rings is 1. The van der Waals surface area contributed by atoms with Gasteiger partial charge in [0.25, 0.3) is 0 Å². The number of hydrogen-bond acceptors (Lipinski definition) is 5. The molecule has 1 aliphatic carbocycles. The van der Waals surface area contributed by atoms with E-state index in [-0.39, 0.29) is 28.7 Å². The number of Topliss-reactive ketones (excluding diaryl/α,β-unsaturated/α-hetero) is 1. The normalized spacial score (nSPS) is 15.0. The van der Waals surface area contributed by atoms with Gasteiger partial charge in [-0.2, -0.15) is 9.61 Å². The minimum atomic E-state index is -0.741. The van der Waals surface area contributed by atoms with Crippen LogP contribution in [0.5, 0.6) is 0 Å². The molecule has 3 aromatic heterocycles. The summed E-state index contributed by atoms with van der Waals surface area (Å²) in [6, 6.07) is 7.86. The zero-order valence-electron chi connectivity index (χ0n) is 16.3. The van der Waals surface area contributed by atoms with Gasteiger partial charge in [-0.1, -0.05) is 6.92 Å². The van der Waals surface area contributed by atoms with Gasteiger partial charge in [0.1, 0.15) is 17.4 Å². The van der Waals surface area contributed by atoms with E-state index in [4.69, 9.17) is 0 Å². The molecule has 1 unspecified atom stereocenters. The number of benzene rings is 1. The number of ketones is 1. The SMILES string of the molecule is CC(c1c(F)cc2ncccc2c1F)c1nnc2ccc(CC(=O)CC3CC3)nn12. The number of nitrogens with zero attached hydrogens (tertiary/aromatic N) is 5. The molecule has 1 aliphatic rings. The van der Waals surface area contributed by atoms with Crippen LogP contribution in [0.15, 0.2) is 36.5 Å². The second-order valence-electron chi connectivity index (χ2n) is 7.89. The zero-order valence-corrected chi connectivity index (χ0v) is 16.3. The van der Waals surface area contributed by atoms with Crippen LogP contribution >= 0.6 is 0 Å². The lowest BCUT2D eigenvalue weighted by Crippen LogP contribution is -2.12. The second kappa shape index (κ2) is 7.19. The van der Waals surface area contributed by atoms with E-state index in [0.717, 1.165) is 12.8 Å². The first kappa shape index (κ1) is 18.7. The van der Waals surface area contributed by atoms with Crippen LogP contribution in [0.25, 0.3) is 16.6 Å². The molecule has 1 aromatic carbocycles. The summed E-state index contributed by atoms with van der Waals surface area (Å²) in [5.41, 5.74) is 1.19. The highest BCUT2D eigenvalue weighted by Gasteiger charge is 2.26. The number of carbonyl (C=O) groups is 1. The number of hydrogen-bond donors (Lipinski definition) is 0. The molecule has 0 spiro atoms. The van der Waals surface area contributed by atoms with E-state index in [1.54, 1.807) is 31.2 Å². The van der Waals surface area contributed by atoms with E-state index >= 15 is 4.39 Å². The fourth-order valence-electron chi connectivity index (χ4n) is 3.82. The Morgan fingerprint density at radius 2 is 2.07 bits per heavy atom. The Morgan fingerprint density at radius 3 is 2.87 bits per heavy atom. The van der Waals surface area contributed by atoms with Crippen molar-refractivity contribution in [2.75, 3.05) is 0 Å². The summed E-state index contributed by atoms with van der Waals surface area (Å²) >= 11 is 0. The molecular formula is C22H19F2N5O. The van der Waals surface area contributed by atoms with Gasteiger partial charge in [0.2, 0.25) is 0 Å². The zero-order chi connectivity index (χ0) is 20.8. The molecule has 1 saturated carbocycles. The fourth-order valence-corrected chi connectivity index (χ4v) is 3.82. The van der Waals surface area contributed by atoms with Gasteiger partial charge in [-0.15, -0.1) is 10.2 Å². The first-order valence-electron chi connectivity index (χ1n) is 9.97. The van der Waals surface area contributed by atoms with E-state index in [1.807, 2.05) is 0 Å². The van der Waals surface area contributed by atoms with Crippen LogP contribution in [-0.4, -0.2) is 30.6 Å². The smallest absolute Gasteiger partial charge is 0.177 e. The van der Waals surface area contributed by atoms with Crippen LogP contribution in [0.3, 0.4) is 0 Å². The van der Waals surface area contributed by atoms with Gasteiger partial charge in [0.15, 0.2) is 11.5 Å². The fraction of sp³-hybridized carbons (Fsp3) is 0.318. The molecule has 3 heterocycles. The van der Waals surface area contributed by atoms with E-state index in [0.29, 0.717) is 29.5 Å². The number of carbonyl (C=O) groups excluding carboxylic acids is 1. The van der Waals surface area contributed by atoms with Gasteiger partial charge in [-0.3, -0.25) is 9.78 Å². The topological polar surface area (TPSA) is 73.0 Å². The molecule has 0 N–H and O–H groups in total. The maximum absolute atomic E-state index is 15.1. The maximum Gasteiger partial charge on any atom is 0.177 e. The summed E-state index contributed by atoms with van der Waals surface area (Å²) in [4.78, 5) is 16.2. The number of fused-ring (bicyclic) bond motifs is 2. The molecule has 30 heavy (non-hydrogen) atoms. The molecule has 0 radical (unpaired) electrons. The Kier molecular flexibility index (Phi) is 4.49. The van der Waals surface area contributed by atoms with Crippen molar-refractivity contribution in [3.8, 4) is 0 Å². The van der Waals surface area contributed by atoms with Crippen LogP contribution in [0, 0.1) is 17.6 Å². The molecule has 0 bridgehead atoms. The lowest BCUT2D eigenvalue weighted by molar-refractivity contribution is -0.118. The molecule has 0 amide bonds. The Morgan fingerprint density at radius 1 is 1.23 bits per heavy atom. The molecule has 1 atom stereocenters. The first-order chi connectivity index (χ1) is 14.5. The van der Waals surface area contributed by atoms with Gasteiger partial charge in [-0.25, -0.2) is 8.78 Å². The van der Waals surface area contributed by atoms with Gasteiger partial charge >= 0.3 is 0 Å². The number of halogens is 2. The minimum Gasteiger partial charge on any atom is -0.299 e. The average molecular weight is 407 g/mol. The third-order valence-electron chi connectivity index (χ3n) is 5.59. The van der Waals surface area contributed by atoms with Crippen molar-refractivity contribution in [3.63, 3.8) is 0 Å². The van der Waals surface area contributed by atoms with Crippen molar-refractivity contribution in [1.29, 1.82) is 0 Å². The van der Waals surface area contributed by atoms with Gasteiger partial charge in [0, 0.05) is 35.6 Å².